The van der Waals surface area contributed by atoms with E-state index in [0.717, 1.165) is 40.5 Å². The van der Waals surface area contributed by atoms with E-state index >= 15 is 0 Å². The van der Waals surface area contributed by atoms with E-state index in [1.165, 1.54) is 16.7 Å². The average molecular weight is 515 g/mol. The molecule has 0 heterocycles. The van der Waals surface area contributed by atoms with Gasteiger partial charge in [0.05, 0.1) is 0 Å². The maximum absolute atomic E-state index is 6.23. The molecule has 39 heavy (non-hydrogen) atoms. The van der Waals surface area contributed by atoms with Gasteiger partial charge in [0.2, 0.25) is 0 Å². The number of hydrogen-bond acceptors (Lipinski definition) is 4. The molecule has 0 spiro atoms. The van der Waals surface area contributed by atoms with Crippen LogP contribution in [-0.2, 0) is 5.41 Å². The first-order valence-electron chi connectivity index (χ1n) is 13.2. The SMILES string of the molecule is CCC(C)(c1ccc(Oc2ccc(N)cc2)cc1)c1ccc(Oc2ccc(N)cc2)cc1-c1cccc(C)c1. The number of nitrogens with two attached hydrogens (primary N) is 2. The van der Waals surface area contributed by atoms with Crippen LogP contribution in [0.4, 0.5) is 11.4 Å². The van der Waals surface area contributed by atoms with Crippen molar-refractivity contribution in [1.82, 2.24) is 0 Å². The highest BCUT2D eigenvalue weighted by molar-refractivity contribution is 5.72. The molecule has 0 aliphatic rings. The van der Waals surface area contributed by atoms with Crippen molar-refractivity contribution in [3.63, 3.8) is 0 Å². The van der Waals surface area contributed by atoms with E-state index < -0.39 is 0 Å². The average Bonchev–Trinajstić information content (AvgIpc) is 2.95. The molecule has 0 bridgehead atoms. The fourth-order valence-electron chi connectivity index (χ4n) is 4.90. The lowest BCUT2D eigenvalue weighted by Gasteiger charge is -2.32. The van der Waals surface area contributed by atoms with Gasteiger partial charge in [-0.2, -0.15) is 0 Å². The standard InChI is InChI=1S/C35H34N2O2/c1-4-35(3,26-8-14-29(15-9-26)38-30-16-10-27(36)11-17-30)34-21-20-32(39-31-18-12-28(37)13-19-31)23-33(34)25-7-5-6-24(2)22-25/h5-23H,4,36-37H2,1-3H3. The molecule has 4 nitrogen and oxygen atoms in total. The second-order valence-electron chi connectivity index (χ2n) is 10.1. The lowest BCUT2D eigenvalue weighted by molar-refractivity contribution is 0.479. The summed E-state index contributed by atoms with van der Waals surface area (Å²) in [6, 6.07) is 38.3. The van der Waals surface area contributed by atoms with Gasteiger partial charge in [0.25, 0.3) is 0 Å². The highest BCUT2D eigenvalue weighted by Gasteiger charge is 2.30. The largest absolute Gasteiger partial charge is 0.457 e. The van der Waals surface area contributed by atoms with Crippen LogP contribution in [0.1, 0.15) is 37.0 Å². The number of aryl methyl sites for hydroxylation is 1. The number of nitrogen functional groups attached to an aromatic ring is 2. The summed E-state index contributed by atoms with van der Waals surface area (Å²) in [6.45, 7) is 6.66. The molecule has 0 aliphatic carbocycles. The first-order valence-corrected chi connectivity index (χ1v) is 13.2. The van der Waals surface area contributed by atoms with E-state index in [1.54, 1.807) is 0 Å². The predicted molar refractivity (Wildman–Crippen MR) is 162 cm³/mol. The Morgan fingerprint density at radius 3 is 1.67 bits per heavy atom. The highest BCUT2D eigenvalue weighted by Crippen LogP contribution is 2.43. The van der Waals surface area contributed by atoms with Gasteiger partial charge in [-0.25, -0.2) is 0 Å². The normalized spacial score (nSPS) is 12.5. The Labute approximate surface area is 230 Å². The van der Waals surface area contributed by atoms with Gasteiger partial charge in [0.15, 0.2) is 0 Å². The lowest BCUT2D eigenvalue weighted by atomic mass is 9.71. The van der Waals surface area contributed by atoms with Crippen LogP contribution in [0.15, 0.2) is 115 Å². The van der Waals surface area contributed by atoms with Crippen LogP contribution in [-0.4, -0.2) is 0 Å². The molecule has 1 atom stereocenters. The van der Waals surface area contributed by atoms with Gasteiger partial charge < -0.3 is 20.9 Å². The van der Waals surface area contributed by atoms with Crippen molar-refractivity contribution in [3.05, 3.63) is 132 Å². The maximum atomic E-state index is 6.23. The van der Waals surface area contributed by atoms with Crippen molar-refractivity contribution in [2.24, 2.45) is 0 Å². The van der Waals surface area contributed by atoms with Gasteiger partial charge in [0, 0.05) is 16.8 Å². The second-order valence-corrected chi connectivity index (χ2v) is 10.1. The van der Waals surface area contributed by atoms with Crippen molar-refractivity contribution >= 4 is 11.4 Å². The van der Waals surface area contributed by atoms with E-state index in [2.05, 4.69) is 75.4 Å². The van der Waals surface area contributed by atoms with E-state index in [4.69, 9.17) is 20.9 Å². The summed E-state index contributed by atoms with van der Waals surface area (Å²) >= 11 is 0. The van der Waals surface area contributed by atoms with E-state index in [9.17, 15) is 0 Å². The van der Waals surface area contributed by atoms with Crippen molar-refractivity contribution in [1.29, 1.82) is 0 Å². The molecule has 196 valence electrons. The fraction of sp³-hybridized carbons (Fsp3) is 0.143. The predicted octanol–water partition coefficient (Wildman–Crippen LogP) is 9.13. The number of hydrogen-bond donors (Lipinski definition) is 2. The molecule has 4 N–H and O–H groups in total. The third kappa shape index (κ3) is 5.75. The first kappa shape index (κ1) is 25.9. The zero-order chi connectivity index (χ0) is 27.4. The number of anilines is 2. The summed E-state index contributed by atoms with van der Waals surface area (Å²) in [5, 5.41) is 0. The molecule has 0 radical (unpaired) electrons. The van der Waals surface area contributed by atoms with Gasteiger partial charge >= 0.3 is 0 Å². The number of benzene rings is 5. The Morgan fingerprint density at radius 1 is 0.615 bits per heavy atom. The van der Waals surface area contributed by atoms with Crippen LogP contribution >= 0.6 is 0 Å². The number of rotatable bonds is 8. The van der Waals surface area contributed by atoms with Gasteiger partial charge in [-0.1, -0.05) is 61.9 Å². The van der Waals surface area contributed by atoms with Crippen molar-refractivity contribution < 1.29 is 9.47 Å². The molecule has 0 aromatic heterocycles. The van der Waals surface area contributed by atoms with Gasteiger partial charge in [-0.05, 0) is 108 Å². The minimum Gasteiger partial charge on any atom is -0.457 e. The zero-order valence-corrected chi connectivity index (χ0v) is 22.6. The van der Waals surface area contributed by atoms with Crippen molar-refractivity contribution in [2.45, 2.75) is 32.6 Å². The van der Waals surface area contributed by atoms with Crippen LogP contribution < -0.4 is 20.9 Å². The quantitative estimate of drug-likeness (QED) is 0.203. The van der Waals surface area contributed by atoms with Crippen LogP contribution in [0.5, 0.6) is 23.0 Å². The lowest BCUT2D eigenvalue weighted by Crippen LogP contribution is -2.23. The topological polar surface area (TPSA) is 70.5 Å². The van der Waals surface area contributed by atoms with E-state index in [-0.39, 0.29) is 5.41 Å². The fourth-order valence-corrected chi connectivity index (χ4v) is 4.90. The molecule has 1 unspecified atom stereocenters. The van der Waals surface area contributed by atoms with Crippen LogP contribution in [0.2, 0.25) is 0 Å². The monoisotopic (exact) mass is 514 g/mol. The maximum Gasteiger partial charge on any atom is 0.128 e. The minimum atomic E-state index is -0.238. The number of ether oxygens (including phenoxy) is 2. The first-order chi connectivity index (χ1) is 18.8. The summed E-state index contributed by atoms with van der Waals surface area (Å²) < 4.78 is 12.3. The molecule has 0 amide bonds. The summed E-state index contributed by atoms with van der Waals surface area (Å²) in [4.78, 5) is 0. The molecule has 0 aliphatic heterocycles. The van der Waals surface area contributed by atoms with Crippen LogP contribution in [0.25, 0.3) is 11.1 Å². The Morgan fingerprint density at radius 2 is 1.13 bits per heavy atom. The summed E-state index contributed by atoms with van der Waals surface area (Å²) in [5.74, 6) is 3.08. The summed E-state index contributed by atoms with van der Waals surface area (Å²) in [5.41, 5.74) is 18.8. The van der Waals surface area contributed by atoms with Gasteiger partial charge in [0.1, 0.15) is 23.0 Å². The molecule has 5 aromatic rings. The third-order valence-electron chi connectivity index (χ3n) is 7.34. The molecular weight excluding hydrogens is 480 g/mol. The Bertz CT molecular complexity index is 1560. The van der Waals surface area contributed by atoms with Crippen molar-refractivity contribution in [3.8, 4) is 34.1 Å². The highest BCUT2D eigenvalue weighted by atomic mass is 16.5. The Kier molecular flexibility index (Phi) is 7.29. The molecule has 5 aromatic carbocycles. The van der Waals surface area contributed by atoms with E-state index in [0.29, 0.717) is 11.4 Å². The van der Waals surface area contributed by atoms with Gasteiger partial charge in [-0.3, -0.25) is 0 Å². The van der Waals surface area contributed by atoms with Gasteiger partial charge in [-0.15, -0.1) is 0 Å². The Balaban J connectivity index is 1.52. The second kappa shape index (κ2) is 11.0. The molecular formula is C35H34N2O2. The molecule has 0 fully saturated rings. The Hall–Kier alpha value is -4.70. The van der Waals surface area contributed by atoms with Crippen LogP contribution in [0.3, 0.4) is 0 Å². The smallest absolute Gasteiger partial charge is 0.128 e. The summed E-state index contributed by atoms with van der Waals surface area (Å²) in [6.07, 6.45) is 0.919. The molecule has 4 heteroatoms. The van der Waals surface area contributed by atoms with Crippen molar-refractivity contribution in [2.75, 3.05) is 11.5 Å². The minimum absolute atomic E-state index is 0.238. The van der Waals surface area contributed by atoms with E-state index in [1.807, 2.05) is 60.7 Å². The third-order valence-corrected chi connectivity index (χ3v) is 7.34. The van der Waals surface area contributed by atoms with Crippen LogP contribution in [0, 0.1) is 6.92 Å². The zero-order valence-electron chi connectivity index (χ0n) is 22.6. The molecule has 0 saturated carbocycles. The molecule has 5 rings (SSSR count). The molecule has 0 saturated heterocycles. The summed E-state index contributed by atoms with van der Waals surface area (Å²) in [7, 11) is 0.